The van der Waals surface area contributed by atoms with Gasteiger partial charge in [0, 0.05) is 32.7 Å². The fraction of sp³-hybridized carbons (Fsp3) is 1.00. The number of nitrogens with zero attached hydrogens (tertiary/aromatic N) is 2. The van der Waals surface area contributed by atoms with E-state index in [0.29, 0.717) is 6.54 Å². The predicted molar refractivity (Wildman–Crippen MR) is 59.1 cm³/mol. The van der Waals surface area contributed by atoms with Gasteiger partial charge in [0.1, 0.15) is 0 Å². The molecule has 0 bridgehead atoms. The lowest BCUT2D eigenvalue weighted by atomic mass is 10.2. The van der Waals surface area contributed by atoms with Crippen molar-refractivity contribution in [3.8, 4) is 0 Å². The van der Waals surface area contributed by atoms with Gasteiger partial charge in [-0.2, -0.15) is 0 Å². The molecular formula is C10H23N4. The van der Waals surface area contributed by atoms with E-state index in [1.54, 1.807) is 0 Å². The Morgan fingerprint density at radius 3 is 1.86 bits per heavy atom. The zero-order valence-electron chi connectivity index (χ0n) is 9.04. The van der Waals surface area contributed by atoms with E-state index in [9.17, 15) is 0 Å². The Morgan fingerprint density at radius 1 is 0.929 bits per heavy atom. The van der Waals surface area contributed by atoms with E-state index >= 15 is 0 Å². The minimum atomic E-state index is 0.563. The first-order chi connectivity index (χ1) is 6.86. The fourth-order valence-corrected chi connectivity index (χ4v) is 1.85. The smallest absolute Gasteiger partial charge is 0.0112 e. The molecule has 0 spiro atoms. The summed E-state index contributed by atoms with van der Waals surface area (Å²) in [6.07, 6.45) is 2.13. The van der Waals surface area contributed by atoms with Crippen LogP contribution >= 0.6 is 0 Å². The molecule has 0 saturated carbocycles. The van der Waals surface area contributed by atoms with E-state index in [0.717, 1.165) is 32.5 Å². The normalized spacial score (nSPS) is 20.1. The van der Waals surface area contributed by atoms with Crippen LogP contribution in [0.1, 0.15) is 12.8 Å². The van der Waals surface area contributed by atoms with Crippen molar-refractivity contribution in [2.45, 2.75) is 12.8 Å². The number of nitrogens with one attached hydrogen (secondary N) is 1. The first-order valence-corrected chi connectivity index (χ1v) is 5.66. The molecule has 1 aliphatic rings. The van der Waals surface area contributed by atoms with Crippen molar-refractivity contribution < 1.29 is 0 Å². The first-order valence-electron chi connectivity index (χ1n) is 5.66. The van der Waals surface area contributed by atoms with Gasteiger partial charge in [0.05, 0.1) is 0 Å². The van der Waals surface area contributed by atoms with Gasteiger partial charge in [0.2, 0.25) is 0 Å². The van der Waals surface area contributed by atoms with Crippen LogP contribution in [0, 0.1) is 0 Å². The van der Waals surface area contributed by atoms with Gasteiger partial charge in [-0.05, 0) is 32.5 Å². The second kappa shape index (κ2) is 7.17. The lowest BCUT2D eigenvalue weighted by molar-refractivity contribution is 0.131. The van der Waals surface area contributed by atoms with Gasteiger partial charge in [-0.3, -0.25) is 5.73 Å². The van der Waals surface area contributed by atoms with E-state index in [2.05, 4.69) is 9.80 Å². The molecule has 14 heavy (non-hydrogen) atoms. The van der Waals surface area contributed by atoms with Crippen molar-refractivity contribution in [2.75, 3.05) is 52.4 Å². The molecular weight excluding hydrogens is 176 g/mol. The fourth-order valence-electron chi connectivity index (χ4n) is 1.85. The summed E-state index contributed by atoms with van der Waals surface area (Å²) in [4.78, 5) is 4.96. The molecule has 4 heteroatoms. The molecule has 0 amide bonds. The monoisotopic (exact) mass is 199 g/mol. The maximum Gasteiger partial charge on any atom is 0.0112 e. The van der Waals surface area contributed by atoms with E-state index < -0.39 is 0 Å². The summed E-state index contributed by atoms with van der Waals surface area (Å²) in [6, 6.07) is 0. The predicted octanol–water partition coefficient (Wildman–Crippen LogP) is -0.374. The molecule has 1 radical (unpaired) electrons. The summed E-state index contributed by atoms with van der Waals surface area (Å²) in [6.45, 7) is 8.33. The van der Waals surface area contributed by atoms with E-state index in [1.165, 1.54) is 26.2 Å². The second-order valence-electron chi connectivity index (χ2n) is 3.93. The zero-order valence-corrected chi connectivity index (χ0v) is 9.04. The Morgan fingerprint density at radius 2 is 1.43 bits per heavy atom. The van der Waals surface area contributed by atoms with Gasteiger partial charge >= 0.3 is 0 Å². The van der Waals surface area contributed by atoms with Crippen LogP contribution in [0.25, 0.3) is 0 Å². The Kier molecular flexibility index (Phi) is 6.10. The third kappa shape index (κ3) is 4.37. The van der Waals surface area contributed by atoms with Gasteiger partial charge in [-0.15, -0.1) is 0 Å². The van der Waals surface area contributed by atoms with Crippen LogP contribution in [0.5, 0.6) is 0 Å². The molecule has 0 aromatic rings. The average Bonchev–Trinajstić information content (AvgIpc) is 2.25. The molecule has 4 nitrogen and oxygen atoms in total. The Labute approximate surface area is 87.2 Å². The summed E-state index contributed by atoms with van der Waals surface area (Å²) in [5, 5.41) is 0. The van der Waals surface area contributed by atoms with Crippen LogP contribution in [0.3, 0.4) is 0 Å². The largest absolute Gasteiger partial charge is 0.330 e. The van der Waals surface area contributed by atoms with Crippen molar-refractivity contribution in [1.29, 1.82) is 0 Å². The third-order valence-corrected chi connectivity index (χ3v) is 2.79. The second-order valence-corrected chi connectivity index (χ2v) is 3.93. The van der Waals surface area contributed by atoms with Crippen LogP contribution in [0.2, 0.25) is 0 Å². The van der Waals surface area contributed by atoms with Crippen LogP contribution in [-0.4, -0.2) is 62.2 Å². The summed E-state index contributed by atoms with van der Waals surface area (Å²) in [7, 11) is 0. The zero-order chi connectivity index (χ0) is 10.2. The number of nitrogens with two attached hydrogens (primary N) is 1. The first kappa shape index (κ1) is 11.9. The minimum Gasteiger partial charge on any atom is -0.330 e. The highest BCUT2D eigenvalue weighted by Gasteiger charge is 2.15. The van der Waals surface area contributed by atoms with Crippen molar-refractivity contribution in [1.82, 2.24) is 15.5 Å². The molecule has 0 atom stereocenters. The molecule has 0 aromatic heterocycles. The molecule has 1 rings (SSSR count). The highest BCUT2D eigenvalue weighted by Crippen LogP contribution is 2.02. The highest BCUT2D eigenvalue weighted by atomic mass is 15.3. The van der Waals surface area contributed by atoms with Crippen molar-refractivity contribution >= 4 is 0 Å². The summed E-state index contributed by atoms with van der Waals surface area (Å²) < 4.78 is 0. The van der Waals surface area contributed by atoms with Gasteiger partial charge in [0.25, 0.3) is 0 Å². The lowest BCUT2D eigenvalue weighted by Crippen LogP contribution is -2.47. The van der Waals surface area contributed by atoms with E-state index in [-0.39, 0.29) is 0 Å². The summed E-state index contributed by atoms with van der Waals surface area (Å²) in [5.41, 5.74) is 12.6. The standard InChI is InChI=1S/C10H23N4/c11-3-1-5-13-7-9-14(10-8-13)6-2-4-12/h11H,1-10,12H2. The van der Waals surface area contributed by atoms with Crippen LogP contribution in [-0.2, 0) is 0 Å². The van der Waals surface area contributed by atoms with Crippen molar-refractivity contribution in [3.63, 3.8) is 0 Å². The maximum absolute atomic E-state index is 7.10. The molecule has 0 unspecified atom stereocenters. The molecule has 1 fully saturated rings. The topological polar surface area (TPSA) is 56.3 Å². The number of rotatable bonds is 6. The van der Waals surface area contributed by atoms with Crippen molar-refractivity contribution in [3.05, 3.63) is 0 Å². The Hall–Kier alpha value is -0.160. The molecule has 3 N–H and O–H groups in total. The van der Waals surface area contributed by atoms with Crippen LogP contribution in [0.4, 0.5) is 0 Å². The van der Waals surface area contributed by atoms with Gasteiger partial charge in [-0.1, -0.05) is 0 Å². The SMILES string of the molecule is [NH]CCCN1CCN(CCCN)CC1. The third-order valence-electron chi connectivity index (χ3n) is 2.79. The van der Waals surface area contributed by atoms with Gasteiger partial charge in [0.15, 0.2) is 0 Å². The summed E-state index contributed by atoms with van der Waals surface area (Å²) >= 11 is 0. The Bertz CT molecular complexity index is 116. The lowest BCUT2D eigenvalue weighted by Gasteiger charge is -2.34. The molecule has 83 valence electrons. The number of hydrogen-bond donors (Lipinski definition) is 1. The van der Waals surface area contributed by atoms with Crippen LogP contribution in [0.15, 0.2) is 0 Å². The molecule has 0 aliphatic carbocycles. The molecule has 1 saturated heterocycles. The van der Waals surface area contributed by atoms with Gasteiger partial charge in [-0.25, -0.2) is 0 Å². The highest BCUT2D eigenvalue weighted by molar-refractivity contribution is 4.71. The quantitative estimate of drug-likeness (QED) is 0.635. The van der Waals surface area contributed by atoms with Crippen molar-refractivity contribution in [2.24, 2.45) is 5.73 Å². The van der Waals surface area contributed by atoms with E-state index in [1.807, 2.05) is 0 Å². The number of piperazine rings is 1. The van der Waals surface area contributed by atoms with E-state index in [4.69, 9.17) is 11.5 Å². The van der Waals surface area contributed by atoms with Crippen LogP contribution < -0.4 is 11.5 Å². The minimum absolute atomic E-state index is 0.563. The molecule has 0 aromatic carbocycles. The Balaban J connectivity index is 2.05. The average molecular weight is 199 g/mol. The molecule has 1 aliphatic heterocycles. The number of hydrogen-bond acceptors (Lipinski definition) is 3. The van der Waals surface area contributed by atoms with Gasteiger partial charge < -0.3 is 15.5 Å². The maximum atomic E-state index is 7.10. The summed E-state index contributed by atoms with van der Waals surface area (Å²) in [5.74, 6) is 0. The molecule has 1 heterocycles.